The fourth-order valence-corrected chi connectivity index (χ4v) is 2.34. The van der Waals surface area contributed by atoms with Crippen molar-refractivity contribution in [3.8, 4) is 0 Å². The van der Waals surface area contributed by atoms with Gasteiger partial charge in [0, 0.05) is 22.5 Å². The molecule has 0 saturated heterocycles. The van der Waals surface area contributed by atoms with Crippen LogP contribution in [0, 0.1) is 0 Å². The molecule has 0 aromatic heterocycles. The first-order valence-electron chi connectivity index (χ1n) is 6.29. The predicted octanol–water partition coefficient (Wildman–Crippen LogP) is 4.61. The van der Waals surface area contributed by atoms with E-state index in [9.17, 15) is 0 Å². The van der Waals surface area contributed by atoms with Crippen LogP contribution in [0.5, 0.6) is 0 Å². The summed E-state index contributed by atoms with van der Waals surface area (Å²) in [6.07, 6.45) is 2.24. The van der Waals surface area contributed by atoms with E-state index >= 15 is 0 Å². The van der Waals surface area contributed by atoms with Crippen molar-refractivity contribution in [2.24, 2.45) is 0 Å². The van der Waals surface area contributed by atoms with Gasteiger partial charge in [-0.3, -0.25) is 0 Å². The van der Waals surface area contributed by atoms with Crippen molar-refractivity contribution < 1.29 is 9.47 Å². The van der Waals surface area contributed by atoms with E-state index < -0.39 is 0 Å². The molecule has 1 aromatic rings. The second-order valence-electron chi connectivity index (χ2n) is 4.00. The van der Waals surface area contributed by atoms with Crippen molar-refractivity contribution in [1.29, 1.82) is 0 Å². The highest BCUT2D eigenvalue weighted by molar-refractivity contribution is 9.09. The second kappa shape index (κ2) is 9.79. The minimum atomic E-state index is -0.0199. The van der Waals surface area contributed by atoms with E-state index in [0.29, 0.717) is 13.2 Å². The Hall–Kier alpha value is -0.0900. The zero-order chi connectivity index (χ0) is 13.2. The van der Waals surface area contributed by atoms with Crippen molar-refractivity contribution in [2.75, 3.05) is 25.2 Å². The Morgan fingerprint density at radius 1 is 1.22 bits per heavy atom. The molecule has 0 radical (unpaired) electrons. The summed E-state index contributed by atoms with van der Waals surface area (Å²) >= 11 is 9.60. The van der Waals surface area contributed by atoms with Gasteiger partial charge in [-0.05, 0) is 12.5 Å². The molecule has 18 heavy (non-hydrogen) atoms. The van der Waals surface area contributed by atoms with Gasteiger partial charge >= 0.3 is 0 Å². The SMILES string of the molecule is CCCCOCCOC(CBr)c1ccccc1Cl. The monoisotopic (exact) mass is 334 g/mol. The highest BCUT2D eigenvalue weighted by Gasteiger charge is 2.13. The fraction of sp³-hybridized carbons (Fsp3) is 0.571. The molecular weight excluding hydrogens is 316 g/mol. The molecule has 0 heterocycles. The van der Waals surface area contributed by atoms with Crippen LogP contribution in [0.25, 0.3) is 0 Å². The summed E-state index contributed by atoms with van der Waals surface area (Å²) in [6, 6.07) is 7.77. The van der Waals surface area contributed by atoms with Crippen molar-refractivity contribution in [3.05, 3.63) is 34.9 Å². The Labute approximate surface area is 123 Å². The van der Waals surface area contributed by atoms with Gasteiger partial charge in [0.15, 0.2) is 0 Å². The molecule has 0 N–H and O–H groups in total. The maximum atomic E-state index is 6.15. The van der Waals surface area contributed by atoms with Gasteiger partial charge in [-0.1, -0.05) is 59.1 Å². The Bertz CT molecular complexity index is 333. The van der Waals surface area contributed by atoms with Gasteiger partial charge in [0.25, 0.3) is 0 Å². The topological polar surface area (TPSA) is 18.5 Å². The molecule has 0 aliphatic heterocycles. The summed E-state index contributed by atoms with van der Waals surface area (Å²) in [7, 11) is 0. The van der Waals surface area contributed by atoms with Crippen molar-refractivity contribution in [3.63, 3.8) is 0 Å². The lowest BCUT2D eigenvalue weighted by Crippen LogP contribution is -2.11. The van der Waals surface area contributed by atoms with Crippen LogP contribution < -0.4 is 0 Å². The third-order valence-electron chi connectivity index (χ3n) is 2.58. The molecule has 2 nitrogen and oxygen atoms in total. The van der Waals surface area contributed by atoms with Crippen molar-refractivity contribution >= 4 is 27.5 Å². The van der Waals surface area contributed by atoms with Gasteiger partial charge in [-0.25, -0.2) is 0 Å². The zero-order valence-corrected chi connectivity index (χ0v) is 13.0. The molecule has 1 unspecified atom stereocenters. The highest BCUT2D eigenvalue weighted by Crippen LogP contribution is 2.26. The van der Waals surface area contributed by atoms with Crippen LogP contribution in [0.1, 0.15) is 31.4 Å². The van der Waals surface area contributed by atoms with Gasteiger partial charge < -0.3 is 9.47 Å². The number of unbranched alkanes of at least 4 members (excludes halogenated alkanes) is 1. The summed E-state index contributed by atoms with van der Waals surface area (Å²) in [5, 5.41) is 1.47. The normalized spacial score (nSPS) is 12.6. The molecular formula is C14H20BrClO2. The molecule has 0 amide bonds. The lowest BCUT2D eigenvalue weighted by Gasteiger charge is -2.17. The van der Waals surface area contributed by atoms with E-state index in [1.807, 2.05) is 24.3 Å². The lowest BCUT2D eigenvalue weighted by molar-refractivity contribution is 0.0133. The van der Waals surface area contributed by atoms with Crippen LogP contribution in [0.2, 0.25) is 5.02 Å². The average molecular weight is 336 g/mol. The predicted molar refractivity (Wildman–Crippen MR) is 79.7 cm³/mol. The largest absolute Gasteiger partial charge is 0.379 e. The number of halogens is 2. The van der Waals surface area contributed by atoms with Gasteiger partial charge in [0.2, 0.25) is 0 Å². The quantitative estimate of drug-likeness (QED) is 0.484. The van der Waals surface area contributed by atoms with Crippen LogP contribution in [0.4, 0.5) is 0 Å². The van der Waals surface area contributed by atoms with Gasteiger partial charge in [-0.2, -0.15) is 0 Å². The van der Waals surface area contributed by atoms with E-state index in [0.717, 1.165) is 35.4 Å². The summed E-state index contributed by atoms with van der Waals surface area (Å²) in [5.41, 5.74) is 1.02. The maximum absolute atomic E-state index is 6.15. The third-order valence-corrected chi connectivity index (χ3v) is 3.51. The molecule has 0 aliphatic carbocycles. The molecule has 0 aliphatic rings. The summed E-state index contributed by atoms with van der Waals surface area (Å²) in [4.78, 5) is 0. The molecule has 1 aromatic carbocycles. The first-order chi connectivity index (χ1) is 8.79. The van der Waals surface area contributed by atoms with Gasteiger partial charge in [0.05, 0.1) is 19.3 Å². The van der Waals surface area contributed by atoms with Crippen molar-refractivity contribution in [1.82, 2.24) is 0 Å². The molecule has 0 spiro atoms. The Kier molecular flexibility index (Phi) is 8.68. The zero-order valence-electron chi connectivity index (χ0n) is 10.7. The van der Waals surface area contributed by atoms with Crippen LogP contribution in [0.3, 0.4) is 0 Å². The van der Waals surface area contributed by atoms with E-state index in [1.54, 1.807) is 0 Å². The number of alkyl halides is 1. The number of benzene rings is 1. The Balaban J connectivity index is 2.32. The number of ether oxygens (including phenoxy) is 2. The number of rotatable bonds is 9. The van der Waals surface area contributed by atoms with Crippen LogP contribution >= 0.6 is 27.5 Å². The minimum absolute atomic E-state index is 0.0199. The highest BCUT2D eigenvalue weighted by atomic mass is 79.9. The molecule has 4 heteroatoms. The second-order valence-corrected chi connectivity index (χ2v) is 5.06. The Morgan fingerprint density at radius 3 is 2.67 bits per heavy atom. The van der Waals surface area contributed by atoms with Crippen LogP contribution in [0.15, 0.2) is 24.3 Å². The molecule has 0 saturated carbocycles. The molecule has 1 atom stereocenters. The molecule has 102 valence electrons. The molecule has 1 rings (SSSR count). The van der Waals surface area contributed by atoms with Crippen molar-refractivity contribution in [2.45, 2.75) is 25.9 Å². The van der Waals surface area contributed by atoms with E-state index in [2.05, 4.69) is 22.9 Å². The summed E-state index contributed by atoms with van der Waals surface area (Å²) in [6.45, 7) is 4.18. The number of hydrogen-bond donors (Lipinski definition) is 0. The average Bonchev–Trinajstić information content (AvgIpc) is 2.39. The summed E-state index contributed by atoms with van der Waals surface area (Å²) in [5.74, 6) is 0. The first kappa shape index (κ1) is 16.0. The van der Waals surface area contributed by atoms with Crippen LogP contribution in [-0.2, 0) is 9.47 Å². The standard InChI is InChI=1S/C14H20BrClO2/c1-2-3-8-17-9-10-18-14(11-15)12-6-4-5-7-13(12)16/h4-7,14H,2-3,8-11H2,1H3. The van der Waals surface area contributed by atoms with E-state index in [-0.39, 0.29) is 6.10 Å². The molecule has 0 bridgehead atoms. The molecule has 0 fully saturated rings. The smallest absolute Gasteiger partial charge is 0.0937 e. The summed E-state index contributed by atoms with van der Waals surface area (Å²) < 4.78 is 11.2. The first-order valence-corrected chi connectivity index (χ1v) is 7.79. The minimum Gasteiger partial charge on any atom is -0.379 e. The van der Waals surface area contributed by atoms with E-state index in [1.165, 1.54) is 0 Å². The van der Waals surface area contributed by atoms with Gasteiger partial charge in [0.1, 0.15) is 0 Å². The Morgan fingerprint density at radius 2 is 2.00 bits per heavy atom. The van der Waals surface area contributed by atoms with E-state index in [4.69, 9.17) is 21.1 Å². The number of hydrogen-bond acceptors (Lipinski definition) is 2. The fourth-order valence-electron chi connectivity index (χ4n) is 1.55. The van der Waals surface area contributed by atoms with Gasteiger partial charge in [-0.15, -0.1) is 0 Å². The maximum Gasteiger partial charge on any atom is 0.0937 e. The van der Waals surface area contributed by atoms with Crippen LogP contribution in [-0.4, -0.2) is 25.2 Å². The third kappa shape index (κ3) is 5.70. The lowest BCUT2D eigenvalue weighted by atomic mass is 10.1.